The van der Waals surface area contributed by atoms with E-state index in [4.69, 9.17) is 15.1 Å². The number of allylic oxidation sites excluding steroid dienone is 2. The van der Waals surface area contributed by atoms with Gasteiger partial charge in [-0.3, -0.25) is 20.5 Å². The summed E-state index contributed by atoms with van der Waals surface area (Å²) in [6.45, 7) is 7.86. The third-order valence-corrected chi connectivity index (χ3v) is 10.4. The fourth-order valence-electron chi connectivity index (χ4n) is 7.91. The number of fused-ring (bicyclic) bond motifs is 5. The van der Waals surface area contributed by atoms with Gasteiger partial charge in [0.25, 0.3) is 0 Å². The summed E-state index contributed by atoms with van der Waals surface area (Å²) in [6.07, 6.45) is 11.3. The lowest BCUT2D eigenvalue weighted by Gasteiger charge is -2.30. The molecule has 0 spiro atoms. The third-order valence-electron chi connectivity index (χ3n) is 10.4. The zero-order chi connectivity index (χ0) is 34.1. The molecule has 8 nitrogen and oxygen atoms in total. The van der Waals surface area contributed by atoms with Gasteiger partial charge in [0, 0.05) is 43.8 Å². The molecule has 1 saturated heterocycles. The molecule has 4 aromatic rings. The Morgan fingerprint density at radius 1 is 1.02 bits per heavy atom. The van der Waals surface area contributed by atoms with E-state index < -0.39 is 0 Å². The lowest BCUT2D eigenvalue weighted by molar-refractivity contribution is -0.136. The third kappa shape index (κ3) is 6.31. The van der Waals surface area contributed by atoms with Gasteiger partial charge in [0.2, 0.25) is 5.91 Å². The first-order valence-corrected chi connectivity index (χ1v) is 17.6. The lowest BCUT2D eigenvalue weighted by atomic mass is 9.84. The van der Waals surface area contributed by atoms with Crippen molar-refractivity contribution in [2.45, 2.75) is 64.0 Å². The molecule has 0 radical (unpaired) electrons. The summed E-state index contributed by atoms with van der Waals surface area (Å²) in [7, 11) is 1.63. The minimum absolute atomic E-state index is 0.0611. The Morgan fingerprint density at radius 2 is 1.65 bits per heavy atom. The SMILES string of the molecule is CCN=CC(=N)c1ccc(-c2ccc(-c3ccc(-c4cnc(C5CCCN5C(=O)C(NCOC)C(C)C)[nH]4)cc3)c3c2C2C=CC3C2)cc1. The summed E-state index contributed by atoms with van der Waals surface area (Å²) < 4.78 is 5.20. The number of carbonyl (C=O) groups is 1. The molecule has 49 heavy (non-hydrogen) atoms. The quantitative estimate of drug-likeness (QED) is 0.0821. The zero-order valence-electron chi connectivity index (χ0n) is 28.9. The number of carbonyl (C=O) groups excluding carboxylic acids is 1. The van der Waals surface area contributed by atoms with Gasteiger partial charge in [-0.05, 0) is 71.0 Å². The van der Waals surface area contributed by atoms with Crippen molar-refractivity contribution in [1.29, 1.82) is 5.41 Å². The van der Waals surface area contributed by atoms with Crippen molar-refractivity contribution in [3.05, 3.63) is 102 Å². The predicted octanol–water partition coefficient (Wildman–Crippen LogP) is 7.89. The largest absolute Gasteiger partial charge is 0.370 e. The highest BCUT2D eigenvalue weighted by molar-refractivity contribution is 6.36. The van der Waals surface area contributed by atoms with E-state index in [-0.39, 0.29) is 23.9 Å². The van der Waals surface area contributed by atoms with E-state index in [0.717, 1.165) is 48.5 Å². The van der Waals surface area contributed by atoms with Crippen LogP contribution < -0.4 is 5.32 Å². The molecule has 2 aliphatic carbocycles. The number of imidazole rings is 1. The first kappa shape index (κ1) is 32.9. The van der Waals surface area contributed by atoms with E-state index >= 15 is 0 Å². The normalized spacial score (nSPS) is 20.1. The van der Waals surface area contributed by atoms with E-state index in [9.17, 15) is 4.79 Å². The van der Waals surface area contributed by atoms with E-state index in [0.29, 0.717) is 30.8 Å². The van der Waals surface area contributed by atoms with Gasteiger partial charge in [0.05, 0.1) is 36.4 Å². The second-order valence-corrected chi connectivity index (χ2v) is 13.7. The van der Waals surface area contributed by atoms with Gasteiger partial charge >= 0.3 is 0 Å². The molecule has 3 aromatic carbocycles. The highest BCUT2D eigenvalue weighted by Gasteiger charge is 2.38. The number of ether oxygens (including phenoxy) is 1. The first-order valence-electron chi connectivity index (χ1n) is 17.6. The summed E-state index contributed by atoms with van der Waals surface area (Å²) in [5.74, 6) is 1.96. The van der Waals surface area contributed by atoms with Crippen molar-refractivity contribution in [2.75, 3.05) is 26.9 Å². The molecule has 8 heteroatoms. The van der Waals surface area contributed by atoms with Gasteiger partial charge in [0.15, 0.2) is 0 Å². The Kier molecular flexibility index (Phi) is 9.43. The summed E-state index contributed by atoms with van der Waals surface area (Å²) in [6, 6.07) is 21.3. The molecule has 4 atom stereocenters. The van der Waals surface area contributed by atoms with Crippen LogP contribution in [-0.4, -0.2) is 65.7 Å². The van der Waals surface area contributed by atoms with Gasteiger partial charge < -0.3 is 14.6 Å². The molecule has 4 unspecified atom stereocenters. The van der Waals surface area contributed by atoms with E-state index in [1.165, 1.54) is 33.4 Å². The van der Waals surface area contributed by atoms with Crippen LogP contribution in [-0.2, 0) is 9.53 Å². The van der Waals surface area contributed by atoms with E-state index in [1.54, 1.807) is 13.3 Å². The number of benzene rings is 3. The van der Waals surface area contributed by atoms with Crippen LogP contribution in [0.5, 0.6) is 0 Å². The molecule has 3 N–H and O–H groups in total. The standard InChI is InChI=1S/C41H46N6O2/c1-5-43-22-34(42)28-12-8-26(9-13-28)32-18-19-33(38-31-17-16-30(21-31)37(32)38)27-10-14-29(15-11-27)35-23-44-40(46-35)36-7-6-20-47(36)41(48)39(25(2)3)45-24-49-4/h8-19,22-23,25,30-31,36,39,42,45H,5-7,20-21,24H2,1-4H3,(H,44,46). The molecule has 2 heterocycles. The Bertz CT molecular complexity index is 1890. The number of methoxy groups -OCH3 is 1. The molecule has 1 amide bonds. The Balaban J connectivity index is 1.12. The van der Waals surface area contributed by atoms with Crippen LogP contribution in [0.3, 0.4) is 0 Å². The minimum atomic E-state index is -0.296. The van der Waals surface area contributed by atoms with Crippen LogP contribution in [0.25, 0.3) is 33.5 Å². The zero-order valence-corrected chi connectivity index (χ0v) is 28.9. The van der Waals surface area contributed by atoms with Crippen LogP contribution >= 0.6 is 0 Å². The number of rotatable bonds is 12. The first-order chi connectivity index (χ1) is 23.9. The smallest absolute Gasteiger partial charge is 0.240 e. The van der Waals surface area contributed by atoms with E-state index in [1.807, 2.05) is 30.2 Å². The molecule has 252 valence electrons. The Labute approximate surface area is 289 Å². The van der Waals surface area contributed by atoms with Crippen molar-refractivity contribution >= 4 is 17.8 Å². The molecule has 3 aliphatic rings. The molecule has 1 aromatic heterocycles. The van der Waals surface area contributed by atoms with E-state index in [2.05, 4.69) is 89.8 Å². The van der Waals surface area contributed by atoms with Crippen LogP contribution in [0.4, 0.5) is 0 Å². The fourth-order valence-corrected chi connectivity index (χ4v) is 7.91. The average Bonchev–Trinajstić information content (AvgIpc) is 3.95. The number of hydrogen-bond acceptors (Lipinski definition) is 6. The monoisotopic (exact) mass is 654 g/mol. The number of hydrogen-bond donors (Lipinski definition) is 3. The second-order valence-electron chi connectivity index (χ2n) is 13.7. The lowest BCUT2D eigenvalue weighted by Crippen LogP contribution is -2.49. The summed E-state index contributed by atoms with van der Waals surface area (Å²) >= 11 is 0. The summed E-state index contributed by atoms with van der Waals surface area (Å²) in [5.41, 5.74) is 11.2. The molecule has 1 fully saturated rings. The van der Waals surface area contributed by atoms with Crippen molar-refractivity contribution in [2.24, 2.45) is 10.9 Å². The van der Waals surface area contributed by atoms with Crippen molar-refractivity contribution in [3.63, 3.8) is 0 Å². The molecule has 2 bridgehead atoms. The number of aromatic nitrogens is 2. The van der Waals surface area contributed by atoms with Crippen molar-refractivity contribution in [3.8, 4) is 33.5 Å². The topological polar surface area (TPSA) is 106 Å². The van der Waals surface area contributed by atoms with Crippen LogP contribution in [0.15, 0.2) is 84.0 Å². The van der Waals surface area contributed by atoms with Crippen molar-refractivity contribution in [1.82, 2.24) is 20.2 Å². The number of nitrogens with zero attached hydrogens (tertiary/aromatic N) is 3. The maximum atomic E-state index is 13.6. The van der Waals surface area contributed by atoms with Crippen LogP contribution in [0.1, 0.15) is 80.4 Å². The average molecular weight is 655 g/mol. The molecular weight excluding hydrogens is 608 g/mol. The van der Waals surface area contributed by atoms with Gasteiger partial charge in [-0.1, -0.05) is 86.7 Å². The predicted molar refractivity (Wildman–Crippen MR) is 197 cm³/mol. The summed E-state index contributed by atoms with van der Waals surface area (Å²) in [5, 5.41) is 11.6. The Hall–Kier alpha value is -4.66. The van der Waals surface area contributed by atoms with Crippen LogP contribution in [0, 0.1) is 11.3 Å². The number of aromatic amines is 1. The van der Waals surface area contributed by atoms with Crippen molar-refractivity contribution < 1.29 is 9.53 Å². The second kappa shape index (κ2) is 14.1. The molecule has 0 saturated carbocycles. The van der Waals surface area contributed by atoms with Crippen LogP contribution in [0.2, 0.25) is 0 Å². The molecule has 1 aliphatic heterocycles. The number of aliphatic imine (C=N–C) groups is 1. The van der Waals surface area contributed by atoms with Gasteiger partial charge in [-0.25, -0.2) is 4.98 Å². The highest BCUT2D eigenvalue weighted by atomic mass is 16.5. The van der Waals surface area contributed by atoms with Gasteiger partial charge in [-0.2, -0.15) is 0 Å². The minimum Gasteiger partial charge on any atom is -0.370 e. The van der Waals surface area contributed by atoms with Gasteiger partial charge in [0.1, 0.15) is 5.82 Å². The number of likely N-dealkylation sites (tertiary alicyclic amines) is 1. The number of nitrogens with one attached hydrogen (secondary N) is 3. The highest BCUT2D eigenvalue weighted by Crippen LogP contribution is 2.55. The number of H-pyrrole nitrogens is 1. The van der Waals surface area contributed by atoms with Gasteiger partial charge in [-0.15, -0.1) is 0 Å². The number of amides is 1. The maximum Gasteiger partial charge on any atom is 0.240 e. The molecular formula is C41H46N6O2. The Morgan fingerprint density at radius 3 is 2.27 bits per heavy atom. The fraction of sp³-hybridized carbons (Fsp3) is 0.366. The summed E-state index contributed by atoms with van der Waals surface area (Å²) in [4.78, 5) is 28.1. The maximum absolute atomic E-state index is 13.6. The molecule has 7 rings (SSSR count).